The molecule has 1 aliphatic heterocycles. The molecule has 1 N–H and O–H groups in total. The summed E-state index contributed by atoms with van der Waals surface area (Å²) in [4.78, 5) is 26.2. The Labute approximate surface area is 140 Å². The number of likely N-dealkylation sites (tertiary alicyclic amines) is 1. The highest BCUT2D eigenvalue weighted by Gasteiger charge is 2.34. The van der Waals surface area contributed by atoms with Crippen LogP contribution in [0.25, 0.3) is 0 Å². The van der Waals surface area contributed by atoms with E-state index in [0.29, 0.717) is 23.8 Å². The van der Waals surface area contributed by atoms with Gasteiger partial charge in [0.2, 0.25) is 11.8 Å². The van der Waals surface area contributed by atoms with Gasteiger partial charge >= 0.3 is 0 Å². The zero-order valence-corrected chi connectivity index (χ0v) is 13.3. The third-order valence-corrected chi connectivity index (χ3v) is 4.26. The Kier molecular flexibility index (Phi) is 4.63. The van der Waals surface area contributed by atoms with Crippen molar-refractivity contribution in [3.8, 4) is 0 Å². The minimum atomic E-state index is -0.345. The molecule has 4 nitrogen and oxygen atoms in total. The van der Waals surface area contributed by atoms with Gasteiger partial charge in [-0.1, -0.05) is 54.1 Å². The molecule has 0 aromatic heterocycles. The molecular weight excluding hydrogens is 312 g/mol. The largest absolute Gasteiger partial charge is 0.338 e. The number of hydrogen-bond donors (Lipinski definition) is 1. The zero-order valence-electron chi connectivity index (χ0n) is 12.5. The van der Waals surface area contributed by atoms with Gasteiger partial charge in [-0.25, -0.2) is 0 Å². The minimum Gasteiger partial charge on any atom is -0.338 e. The first kappa shape index (κ1) is 15.6. The number of nitrogens with zero attached hydrogens (tertiary/aromatic N) is 1. The van der Waals surface area contributed by atoms with Crippen LogP contribution < -0.4 is 5.32 Å². The molecule has 0 aliphatic carbocycles. The standard InChI is InChI=1S/C18H17ClN2O2/c19-15-8-4-5-9-16(15)20-18(23)14-10-17(22)21(12-14)11-13-6-2-1-3-7-13/h1-9,14H,10-12H2,(H,20,23)/t14-/m0/s1. The molecule has 1 heterocycles. The van der Waals surface area contributed by atoms with Crippen molar-refractivity contribution < 1.29 is 9.59 Å². The molecule has 0 spiro atoms. The van der Waals surface area contributed by atoms with Crippen molar-refractivity contribution in [2.45, 2.75) is 13.0 Å². The van der Waals surface area contributed by atoms with Gasteiger partial charge in [-0.05, 0) is 17.7 Å². The SMILES string of the molecule is O=C(Nc1ccccc1Cl)[C@H]1CC(=O)N(Cc2ccccc2)C1. The zero-order chi connectivity index (χ0) is 16.2. The maximum Gasteiger partial charge on any atom is 0.229 e. The van der Waals surface area contributed by atoms with Crippen LogP contribution in [0.3, 0.4) is 0 Å². The van der Waals surface area contributed by atoms with Crippen LogP contribution >= 0.6 is 11.6 Å². The number of carbonyl (C=O) groups excluding carboxylic acids is 2. The fraction of sp³-hybridized carbons (Fsp3) is 0.222. The van der Waals surface area contributed by atoms with Crippen molar-refractivity contribution in [1.82, 2.24) is 4.90 Å². The van der Waals surface area contributed by atoms with Crippen LogP contribution in [0, 0.1) is 5.92 Å². The Morgan fingerprint density at radius 2 is 1.83 bits per heavy atom. The number of para-hydroxylation sites is 1. The minimum absolute atomic E-state index is 0.00756. The lowest BCUT2D eigenvalue weighted by atomic mass is 10.1. The van der Waals surface area contributed by atoms with Crippen LogP contribution in [0.5, 0.6) is 0 Å². The summed E-state index contributed by atoms with van der Waals surface area (Å²) >= 11 is 6.05. The molecular formula is C18H17ClN2O2. The molecule has 2 aromatic rings. The van der Waals surface area contributed by atoms with Crippen LogP contribution in [0.4, 0.5) is 5.69 Å². The lowest BCUT2D eigenvalue weighted by Gasteiger charge is -2.16. The van der Waals surface area contributed by atoms with Crippen LogP contribution in [0.1, 0.15) is 12.0 Å². The summed E-state index contributed by atoms with van der Waals surface area (Å²) in [5, 5.41) is 3.30. The molecule has 1 aliphatic rings. The van der Waals surface area contributed by atoms with Gasteiger partial charge in [0.25, 0.3) is 0 Å². The van der Waals surface area contributed by atoms with Gasteiger partial charge < -0.3 is 10.2 Å². The summed E-state index contributed by atoms with van der Waals surface area (Å²) in [6.07, 6.45) is 0.239. The monoisotopic (exact) mass is 328 g/mol. The third-order valence-electron chi connectivity index (χ3n) is 3.93. The molecule has 23 heavy (non-hydrogen) atoms. The average Bonchev–Trinajstić information content (AvgIpc) is 2.92. The molecule has 118 valence electrons. The van der Waals surface area contributed by atoms with E-state index < -0.39 is 0 Å². The first-order chi connectivity index (χ1) is 11.1. The fourth-order valence-electron chi connectivity index (χ4n) is 2.70. The van der Waals surface area contributed by atoms with Crippen molar-refractivity contribution >= 4 is 29.1 Å². The normalized spacial score (nSPS) is 17.3. The second-order valence-electron chi connectivity index (χ2n) is 5.63. The number of carbonyl (C=O) groups is 2. The quantitative estimate of drug-likeness (QED) is 0.936. The topological polar surface area (TPSA) is 49.4 Å². The summed E-state index contributed by atoms with van der Waals surface area (Å²) in [6.45, 7) is 0.972. The van der Waals surface area contributed by atoms with Gasteiger partial charge in [-0.15, -0.1) is 0 Å². The van der Waals surface area contributed by atoms with E-state index in [0.717, 1.165) is 5.56 Å². The molecule has 1 saturated heterocycles. The first-order valence-electron chi connectivity index (χ1n) is 7.50. The number of nitrogens with one attached hydrogen (secondary N) is 1. The first-order valence-corrected chi connectivity index (χ1v) is 7.88. The Hall–Kier alpha value is -2.33. The molecule has 2 amide bonds. The highest BCUT2D eigenvalue weighted by atomic mass is 35.5. The van der Waals surface area contributed by atoms with E-state index in [1.807, 2.05) is 36.4 Å². The second kappa shape index (κ2) is 6.84. The summed E-state index contributed by atoms with van der Waals surface area (Å²) < 4.78 is 0. The van der Waals surface area contributed by atoms with E-state index in [1.54, 1.807) is 23.1 Å². The molecule has 2 aromatic carbocycles. The fourth-order valence-corrected chi connectivity index (χ4v) is 2.88. The second-order valence-corrected chi connectivity index (χ2v) is 6.04. The molecule has 0 radical (unpaired) electrons. The lowest BCUT2D eigenvalue weighted by Crippen LogP contribution is -2.28. The predicted octanol–water partition coefficient (Wildman–Crippen LogP) is 3.33. The van der Waals surface area contributed by atoms with Gasteiger partial charge in [0.05, 0.1) is 16.6 Å². The number of amides is 2. The average molecular weight is 329 g/mol. The maximum atomic E-state index is 12.4. The van der Waals surface area contributed by atoms with Gasteiger partial charge in [0, 0.05) is 19.5 Å². The van der Waals surface area contributed by atoms with E-state index in [4.69, 9.17) is 11.6 Å². The van der Waals surface area contributed by atoms with Crippen molar-refractivity contribution in [3.63, 3.8) is 0 Å². The summed E-state index contributed by atoms with van der Waals surface area (Å²) in [7, 11) is 0. The van der Waals surface area contributed by atoms with Crippen molar-refractivity contribution in [3.05, 3.63) is 65.2 Å². The van der Waals surface area contributed by atoms with E-state index >= 15 is 0 Å². The maximum absolute atomic E-state index is 12.4. The van der Waals surface area contributed by atoms with E-state index in [2.05, 4.69) is 5.32 Å². The van der Waals surface area contributed by atoms with E-state index in [9.17, 15) is 9.59 Å². The summed E-state index contributed by atoms with van der Waals surface area (Å²) in [6, 6.07) is 16.9. The number of benzene rings is 2. The Morgan fingerprint density at radius 3 is 2.57 bits per heavy atom. The molecule has 5 heteroatoms. The number of hydrogen-bond acceptors (Lipinski definition) is 2. The highest BCUT2D eigenvalue weighted by molar-refractivity contribution is 6.33. The molecule has 1 fully saturated rings. The summed E-state index contributed by atoms with van der Waals surface area (Å²) in [5.74, 6) is -0.502. The van der Waals surface area contributed by atoms with Crippen LogP contribution in [0.15, 0.2) is 54.6 Å². The third kappa shape index (κ3) is 3.71. The summed E-state index contributed by atoms with van der Waals surface area (Å²) in [5.41, 5.74) is 1.64. The number of rotatable bonds is 4. The van der Waals surface area contributed by atoms with Crippen LogP contribution in [-0.2, 0) is 16.1 Å². The molecule has 0 bridgehead atoms. The Balaban J connectivity index is 1.63. The lowest BCUT2D eigenvalue weighted by molar-refractivity contribution is -0.128. The van der Waals surface area contributed by atoms with Gasteiger partial charge in [-0.2, -0.15) is 0 Å². The smallest absolute Gasteiger partial charge is 0.229 e. The van der Waals surface area contributed by atoms with Crippen molar-refractivity contribution in [2.24, 2.45) is 5.92 Å². The predicted molar refractivity (Wildman–Crippen MR) is 90.0 cm³/mol. The highest BCUT2D eigenvalue weighted by Crippen LogP contribution is 2.25. The van der Waals surface area contributed by atoms with Crippen LogP contribution in [-0.4, -0.2) is 23.3 Å². The number of anilines is 1. The molecule has 1 atom stereocenters. The number of halogens is 1. The van der Waals surface area contributed by atoms with Crippen molar-refractivity contribution in [2.75, 3.05) is 11.9 Å². The van der Waals surface area contributed by atoms with Gasteiger partial charge in [0.1, 0.15) is 0 Å². The van der Waals surface area contributed by atoms with Crippen molar-refractivity contribution in [1.29, 1.82) is 0 Å². The Bertz CT molecular complexity index is 718. The van der Waals surface area contributed by atoms with Gasteiger partial charge in [0.15, 0.2) is 0 Å². The van der Waals surface area contributed by atoms with E-state index in [-0.39, 0.29) is 24.2 Å². The molecule has 0 unspecified atom stereocenters. The Morgan fingerprint density at radius 1 is 1.13 bits per heavy atom. The van der Waals surface area contributed by atoms with Crippen LogP contribution in [0.2, 0.25) is 5.02 Å². The van der Waals surface area contributed by atoms with Gasteiger partial charge in [-0.3, -0.25) is 9.59 Å². The molecule has 0 saturated carbocycles. The van der Waals surface area contributed by atoms with E-state index in [1.165, 1.54) is 0 Å². The molecule has 3 rings (SSSR count).